The Morgan fingerprint density at radius 3 is 2.71 bits per heavy atom. The third-order valence-corrected chi connectivity index (χ3v) is 6.05. The lowest BCUT2D eigenvalue weighted by atomic mass is 10.1. The highest BCUT2D eigenvalue weighted by Crippen LogP contribution is 2.42. The fourth-order valence-corrected chi connectivity index (χ4v) is 4.61. The van der Waals surface area contributed by atoms with Gasteiger partial charge in [0.05, 0.1) is 12.4 Å². The van der Waals surface area contributed by atoms with Crippen molar-refractivity contribution in [2.24, 2.45) is 0 Å². The molecule has 1 unspecified atom stereocenters. The number of nitriles is 1. The van der Waals surface area contributed by atoms with Gasteiger partial charge in [0.2, 0.25) is 5.91 Å². The number of benzene rings is 2. The van der Waals surface area contributed by atoms with Gasteiger partial charge in [0.25, 0.3) is 5.91 Å². The van der Waals surface area contributed by atoms with Crippen molar-refractivity contribution in [1.82, 2.24) is 5.32 Å². The molecule has 0 bridgehead atoms. The number of carbonyl (C=O) groups is 2. The van der Waals surface area contributed by atoms with E-state index in [1.807, 2.05) is 18.2 Å². The molecule has 3 rings (SSSR count). The average molecular weight is 454 g/mol. The number of methoxy groups -OCH3 is 1. The molecule has 0 radical (unpaired) electrons. The van der Waals surface area contributed by atoms with Crippen LogP contribution in [0, 0.1) is 11.3 Å². The van der Waals surface area contributed by atoms with Crippen molar-refractivity contribution in [3.63, 3.8) is 0 Å². The lowest BCUT2D eigenvalue weighted by Crippen LogP contribution is -2.32. The number of rotatable bonds is 7. The first-order valence-electron chi connectivity index (χ1n) is 9.41. The Morgan fingerprint density at radius 2 is 2.10 bits per heavy atom. The normalized spacial score (nSPS) is 17.1. The Hall–Kier alpha value is -3.21. The number of hydrogen-bond acceptors (Lipinski definition) is 5. The van der Waals surface area contributed by atoms with Crippen LogP contribution in [0.1, 0.15) is 5.56 Å². The zero-order valence-electron chi connectivity index (χ0n) is 16.8. The maximum Gasteiger partial charge on any atom is 0.264 e. The van der Waals surface area contributed by atoms with Gasteiger partial charge in [0, 0.05) is 17.3 Å². The van der Waals surface area contributed by atoms with Crippen molar-refractivity contribution >= 4 is 40.9 Å². The van der Waals surface area contributed by atoms with Crippen LogP contribution in [0.15, 0.2) is 71.8 Å². The highest BCUT2D eigenvalue weighted by Gasteiger charge is 2.40. The van der Waals surface area contributed by atoms with Crippen molar-refractivity contribution in [2.45, 2.75) is 11.7 Å². The third-order valence-electron chi connectivity index (χ3n) is 4.55. The van der Waals surface area contributed by atoms with Crippen LogP contribution in [0.2, 0.25) is 5.02 Å². The van der Waals surface area contributed by atoms with Crippen molar-refractivity contribution in [3.05, 3.63) is 82.4 Å². The fourth-order valence-electron chi connectivity index (χ4n) is 3.08. The van der Waals surface area contributed by atoms with Crippen molar-refractivity contribution in [2.75, 3.05) is 18.6 Å². The minimum absolute atomic E-state index is 0.121. The summed E-state index contributed by atoms with van der Waals surface area (Å²) in [6, 6.07) is 16.1. The van der Waals surface area contributed by atoms with E-state index in [4.69, 9.17) is 16.3 Å². The molecule has 1 atom stereocenters. The van der Waals surface area contributed by atoms with E-state index in [2.05, 4.69) is 11.9 Å². The standard InChI is InChI=1S/C23H20ClN3O3S/c1-3-11-26-21(28)19(14-25)23-27(17-7-9-18(30-2)10-8-17)22(29)20(31-23)13-15-5-4-6-16(24)12-15/h3-10,12,20H,1,11,13H2,2H3,(H,26,28)/b23-19-. The van der Waals surface area contributed by atoms with Gasteiger partial charge in [-0.25, -0.2) is 0 Å². The van der Waals surface area contributed by atoms with Gasteiger partial charge >= 0.3 is 0 Å². The third kappa shape index (κ3) is 5.10. The molecule has 31 heavy (non-hydrogen) atoms. The second-order valence-electron chi connectivity index (χ2n) is 6.60. The summed E-state index contributed by atoms with van der Waals surface area (Å²) in [6.07, 6.45) is 1.93. The fraction of sp³-hybridized carbons (Fsp3) is 0.174. The number of hydrogen-bond donors (Lipinski definition) is 1. The van der Waals surface area contributed by atoms with Gasteiger partial charge in [-0.3, -0.25) is 14.5 Å². The first-order chi connectivity index (χ1) is 15.0. The number of thioether (sulfide) groups is 1. The molecule has 1 aliphatic rings. The summed E-state index contributed by atoms with van der Waals surface area (Å²) < 4.78 is 5.19. The lowest BCUT2D eigenvalue weighted by Gasteiger charge is -2.19. The monoisotopic (exact) mass is 453 g/mol. The average Bonchev–Trinajstić information content (AvgIpc) is 3.08. The molecule has 8 heteroatoms. The number of ether oxygens (including phenoxy) is 1. The number of nitrogens with one attached hydrogen (secondary N) is 1. The first-order valence-corrected chi connectivity index (χ1v) is 10.7. The molecule has 0 saturated carbocycles. The van der Waals surface area contributed by atoms with Crippen LogP contribution in [-0.4, -0.2) is 30.7 Å². The van der Waals surface area contributed by atoms with Crippen LogP contribution in [0.5, 0.6) is 5.75 Å². The van der Waals surface area contributed by atoms with Gasteiger partial charge in [-0.15, -0.1) is 6.58 Å². The molecule has 2 aromatic rings. The molecule has 0 aliphatic carbocycles. The summed E-state index contributed by atoms with van der Waals surface area (Å²) >= 11 is 7.28. The molecule has 1 fully saturated rings. The predicted octanol–water partition coefficient (Wildman–Crippen LogP) is 4.08. The summed E-state index contributed by atoms with van der Waals surface area (Å²) in [5.41, 5.74) is 1.32. The summed E-state index contributed by atoms with van der Waals surface area (Å²) in [6.45, 7) is 3.78. The minimum atomic E-state index is -0.556. The molecule has 1 saturated heterocycles. The summed E-state index contributed by atoms with van der Waals surface area (Å²) in [5, 5.41) is 12.7. The number of amides is 2. The van der Waals surface area contributed by atoms with Crippen molar-refractivity contribution in [3.8, 4) is 11.8 Å². The van der Waals surface area contributed by atoms with E-state index < -0.39 is 11.2 Å². The van der Waals surface area contributed by atoms with E-state index in [0.717, 1.165) is 5.56 Å². The molecule has 2 aromatic carbocycles. The summed E-state index contributed by atoms with van der Waals surface area (Å²) in [7, 11) is 1.55. The second kappa shape index (κ2) is 10.2. The SMILES string of the molecule is C=CCNC(=O)/C(C#N)=C1\SC(Cc2cccc(Cl)c2)C(=O)N1c1ccc(OC)cc1. The number of carbonyl (C=O) groups excluding carboxylic acids is 2. The Balaban J connectivity index is 2.02. The predicted molar refractivity (Wildman–Crippen MR) is 123 cm³/mol. The molecule has 158 valence electrons. The van der Waals surface area contributed by atoms with Crippen LogP contribution < -0.4 is 15.0 Å². The van der Waals surface area contributed by atoms with Crippen molar-refractivity contribution < 1.29 is 14.3 Å². The quantitative estimate of drug-likeness (QED) is 0.388. The topological polar surface area (TPSA) is 82.4 Å². The minimum Gasteiger partial charge on any atom is -0.497 e. The maximum absolute atomic E-state index is 13.4. The molecule has 0 aromatic heterocycles. The van der Waals surface area contributed by atoms with Gasteiger partial charge in [-0.1, -0.05) is 41.6 Å². The molecule has 1 N–H and O–H groups in total. The van der Waals surface area contributed by atoms with Crippen molar-refractivity contribution in [1.29, 1.82) is 5.26 Å². The zero-order valence-corrected chi connectivity index (χ0v) is 18.4. The zero-order chi connectivity index (χ0) is 22.4. The van der Waals surface area contributed by atoms with Crippen LogP contribution in [0.3, 0.4) is 0 Å². The maximum atomic E-state index is 13.4. The Morgan fingerprint density at radius 1 is 1.35 bits per heavy atom. The van der Waals surface area contributed by atoms with Gasteiger partial charge in [0.1, 0.15) is 22.4 Å². The molecule has 1 heterocycles. The first kappa shape index (κ1) is 22.5. The molecule has 6 nitrogen and oxygen atoms in total. The molecular formula is C23H20ClN3O3S. The number of anilines is 1. The van der Waals surface area contributed by atoms with E-state index in [9.17, 15) is 14.9 Å². The highest BCUT2D eigenvalue weighted by atomic mass is 35.5. The summed E-state index contributed by atoms with van der Waals surface area (Å²) in [5.74, 6) is -0.137. The Labute approximate surface area is 190 Å². The number of halogens is 1. The smallest absolute Gasteiger partial charge is 0.264 e. The molecule has 0 spiro atoms. The molecular weight excluding hydrogens is 434 g/mol. The van der Waals surface area contributed by atoms with E-state index in [-0.39, 0.29) is 18.0 Å². The van der Waals surface area contributed by atoms with E-state index in [1.165, 1.54) is 22.7 Å². The Bertz CT molecular complexity index is 1080. The van der Waals surface area contributed by atoms with Gasteiger partial charge in [0.15, 0.2) is 0 Å². The largest absolute Gasteiger partial charge is 0.497 e. The molecule has 1 aliphatic heterocycles. The Kier molecular flexibility index (Phi) is 7.40. The van der Waals surface area contributed by atoms with Crippen LogP contribution in [0.25, 0.3) is 0 Å². The molecule has 2 amide bonds. The lowest BCUT2D eigenvalue weighted by molar-refractivity contribution is -0.117. The van der Waals surface area contributed by atoms with E-state index in [1.54, 1.807) is 43.5 Å². The van der Waals surface area contributed by atoms with Gasteiger partial charge < -0.3 is 10.1 Å². The van der Waals surface area contributed by atoms with Crippen LogP contribution in [-0.2, 0) is 16.0 Å². The van der Waals surface area contributed by atoms with E-state index in [0.29, 0.717) is 27.9 Å². The summed E-state index contributed by atoms with van der Waals surface area (Å²) in [4.78, 5) is 27.4. The van der Waals surface area contributed by atoms with Gasteiger partial charge in [-0.2, -0.15) is 5.26 Å². The second-order valence-corrected chi connectivity index (χ2v) is 8.23. The highest BCUT2D eigenvalue weighted by molar-refractivity contribution is 8.05. The van der Waals surface area contributed by atoms with E-state index >= 15 is 0 Å². The van der Waals surface area contributed by atoms with Gasteiger partial charge in [-0.05, 0) is 48.4 Å². The number of nitrogens with zero attached hydrogens (tertiary/aromatic N) is 2. The van der Waals surface area contributed by atoms with Crippen LogP contribution in [0.4, 0.5) is 5.69 Å². The van der Waals surface area contributed by atoms with Crippen LogP contribution >= 0.6 is 23.4 Å².